The standard InChI is InChI=1S/C49H84O5/c1-4-7-10-13-16-19-21-23-24-25-26-27-28-31-33-36-39-42-48(50)53-46-47(54-49(51)43-40-37-34-30-18-15-12-9-6-3)45-52-44-41-38-35-32-29-22-20-17-14-11-8-5-2/h7,10,14,16-17,19,23-24,26-27,31,33,47H,4-6,8-9,11-13,15,18,20-22,25,28-30,32,34-46H2,1-3H3/b10-7-,17-14-,19-16-,24-23-,27-26-,33-31-. The summed E-state index contributed by atoms with van der Waals surface area (Å²) in [6.45, 7) is 7.58. The second kappa shape index (κ2) is 44.7. The van der Waals surface area contributed by atoms with Crippen molar-refractivity contribution in [3.63, 3.8) is 0 Å². The van der Waals surface area contributed by atoms with E-state index in [1.807, 2.05) is 0 Å². The van der Waals surface area contributed by atoms with Crippen molar-refractivity contribution in [1.29, 1.82) is 0 Å². The van der Waals surface area contributed by atoms with E-state index in [-0.39, 0.29) is 25.2 Å². The van der Waals surface area contributed by atoms with Crippen LogP contribution in [0.2, 0.25) is 0 Å². The van der Waals surface area contributed by atoms with Gasteiger partial charge in [0.1, 0.15) is 6.61 Å². The van der Waals surface area contributed by atoms with Crippen LogP contribution in [0.4, 0.5) is 0 Å². The molecular weight excluding hydrogens is 669 g/mol. The van der Waals surface area contributed by atoms with Gasteiger partial charge in [0.2, 0.25) is 0 Å². The summed E-state index contributed by atoms with van der Waals surface area (Å²) in [6, 6.07) is 0. The van der Waals surface area contributed by atoms with Crippen LogP contribution in [0.3, 0.4) is 0 Å². The van der Waals surface area contributed by atoms with Crippen LogP contribution in [0.15, 0.2) is 72.9 Å². The van der Waals surface area contributed by atoms with Gasteiger partial charge in [0.05, 0.1) is 6.61 Å². The van der Waals surface area contributed by atoms with Gasteiger partial charge in [-0.1, -0.05) is 184 Å². The first-order valence-electron chi connectivity index (χ1n) is 22.5. The molecule has 0 aliphatic carbocycles. The molecule has 310 valence electrons. The minimum Gasteiger partial charge on any atom is -0.462 e. The number of unbranched alkanes of at least 4 members (excludes halogenated alkanes) is 17. The molecule has 0 saturated heterocycles. The van der Waals surface area contributed by atoms with Crippen molar-refractivity contribution < 1.29 is 23.8 Å². The molecule has 1 unspecified atom stereocenters. The minimum atomic E-state index is -0.559. The van der Waals surface area contributed by atoms with Crippen LogP contribution in [-0.2, 0) is 23.8 Å². The van der Waals surface area contributed by atoms with Crippen molar-refractivity contribution in [3.8, 4) is 0 Å². The Labute approximate surface area is 334 Å². The van der Waals surface area contributed by atoms with Gasteiger partial charge in [0.15, 0.2) is 6.10 Å². The van der Waals surface area contributed by atoms with E-state index in [4.69, 9.17) is 14.2 Å². The Kier molecular flexibility index (Phi) is 42.5. The maximum absolute atomic E-state index is 12.7. The third kappa shape index (κ3) is 42.1. The van der Waals surface area contributed by atoms with E-state index in [0.717, 1.165) is 70.6 Å². The van der Waals surface area contributed by atoms with Crippen LogP contribution in [0.25, 0.3) is 0 Å². The van der Waals surface area contributed by atoms with E-state index < -0.39 is 6.10 Å². The van der Waals surface area contributed by atoms with Crippen molar-refractivity contribution in [2.75, 3.05) is 19.8 Å². The summed E-state index contributed by atoms with van der Waals surface area (Å²) >= 11 is 0. The summed E-state index contributed by atoms with van der Waals surface area (Å²) in [6.07, 6.45) is 56.2. The van der Waals surface area contributed by atoms with Gasteiger partial charge in [-0.2, -0.15) is 0 Å². The van der Waals surface area contributed by atoms with Crippen molar-refractivity contribution >= 4 is 11.9 Å². The molecule has 0 heterocycles. The number of hydrogen-bond donors (Lipinski definition) is 0. The fourth-order valence-corrected chi connectivity index (χ4v) is 5.88. The molecule has 0 N–H and O–H groups in total. The average Bonchev–Trinajstić information content (AvgIpc) is 3.17. The molecule has 0 aromatic rings. The molecule has 0 amide bonds. The minimum absolute atomic E-state index is 0.0525. The molecule has 5 nitrogen and oxygen atoms in total. The first-order valence-corrected chi connectivity index (χ1v) is 22.5. The summed E-state index contributed by atoms with van der Waals surface area (Å²) in [5.74, 6) is -0.472. The van der Waals surface area contributed by atoms with Crippen molar-refractivity contribution in [3.05, 3.63) is 72.9 Å². The number of carbonyl (C=O) groups excluding carboxylic acids is 2. The lowest BCUT2D eigenvalue weighted by Crippen LogP contribution is -2.30. The Morgan fingerprint density at radius 1 is 0.426 bits per heavy atom. The van der Waals surface area contributed by atoms with Crippen LogP contribution in [0, 0.1) is 0 Å². The molecule has 0 saturated carbocycles. The van der Waals surface area contributed by atoms with E-state index in [0.29, 0.717) is 19.4 Å². The normalized spacial score (nSPS) is 12.9. The molecule has 0 fully saturated rings. The van der Waals surface area contributed by atoms with Gasteiger partial charge >= 0.3 is 11.9 Å². The fourth-order valence-electron chi connectivity index (χ4n) is 5.88. The zero-order valence-electron chi connectivity index (χ0n) is 35.5. The lowest BCUT2D eigenvalue weighted by Gasteiger charge is -2.18. The monoisotopic (exact) mass is 753 g/mol. The van der Waals surface area contributed by atoms with Gasteiger partial charge in [-0.15, -0.1) is 0 Å². The molecule has 0 aliphatic rings. The smallest absolute Gasteiger partial charge is 0.306 e. The van der Waals surface area contributed by atoms with Crippen molar-refractivity contribution in [2.24, 2.45) is 0 Å². The van der Waals surface area contributed by atoms with Crippen LogP contribution < -0.4 is 0 Å². The predicted octanol–water partition coefficient (Wildman–Crippen LogP) is 14.8. The van der Waals surface area contributed by atoms with Crippen LogP contribution >= 0.6 is 0 Å². The van der Waals surface area contributed by atoms with Crippen LogP contribution in [0.5, 0.6) is 0 Å². The topological polar surface area (TPSA) is 61.8 Å². The van der Waals surface area contributed by atoms with Gasteiger partial charge in [-0.25, -0.2) is 0 Å². The van der Waals surface area contributed by atoms with E-state index in [1.54, 1.807) is 0 Å². The molecule has 1 atom stereocenters. The molecule has 0 spiro atoms. The average molecular weight is 753 g/mol. The number of rotatable bonds is 40. The first kappa shape index (κ1) is 51.3. The Morgan fingerprint density at radius 3 is 1.46 bits per heavy atom. The van der Waals surface area contributed by atoms with Gasteiger partial charge in [0.25, 0.3) is 0 Å². The highest BCUT2D eigenvalue weighted by Gasteiger charge is 2.17. The van der Waals surface area contributed by atoms with Gasteiger partial charge in [0, 0.05) is 19.4 Å². The largest absolute Gasteiger partial charge is 0.462 e. The molecule has 54 heavy (non-hydrogen) atoms. The zero-order valence-corrected chi connectivity index (χ0v) is 35.5. The number of allylic oxidation sites excluding steroid dienone is 12. The highest BCUT2D eigenvalue weighted by Crippen LogP contribution is 2.13. The third-order valence-corrected chi connectivity index (χ3v) is 9.23. The van der Waals surface area contributed by atoms with E-state index in [9.17, 15) is 9.59 Å². The number of hydrogen-bond acceptors (Lipinski definition) is 5. The van der Waals surface area contributed by atoms with Crippen LogP contribution in [-0.4, -0.2) is 37.9 Å². The van der Waals surface area contributed by atoms with Crippen LogP contribution in [0.1, 0.15) is 201 Å². The second-order valence-electron chi connectivity index (χ2n) is 14.6. The second-order valence-corrected chi connectivity index (χ2v) is 14.6. The zero-order chi connectivity index (χ0) is 39.3. The lowest BCUT2D eigenvalue weighted by molar-refractivity contribution is -0.163. The molecule has 0 aliphatic heterocycles. The molecule has 0 aromatic heterocycles. The Hall–Kier alpha value is -2.66. The number of carbonyl (C=O) groups is 2. The summed E-state index contributed by atoms with van der Waals surface area (Å²) in [5.41, 5.74) is 0. The molecule has 5 heteroatoms. The first-order chi connectivity index (χ1) is 26.6. The Bertz CT molecular complexity index is 988. The maximum Gasteiger partial charge on any atom is 0.306 e. The van der Waals surface area contributed by atoms with Gasteiger partial charge < -0.3 is 14.2 Å². The highest BCUT2D eigenvalue weighted by molar-refractivity contribution is 5.70. The summed E-state index contributed by atoms with van der Waals surface area (Å²) in [5, 5.41) is 0. The highest BCUT2D eigenvalue weighted by atomic mass is 16.6. The van der Waals surface area contributed by atoms with Gasteiger partial charge in [-0.3, -0.25) is 9.59 Å². The van der Waals surface area contributed by atoms with E-state index >= 15 is 0 Å². The Morgan fingerprint density at radius 2 is 0.870 bits per heavy atom. The molecule has 0 radical (unpaired) electrons. The summed E-state index contributed by atoms with van der Waals surface area (Å²) in [4.78, 5) is 25.2. The van der Waals surface area contributed by atoms with Crippen molar-refractivity contribution in [2.45, 2.75) is 207 Å². The molecule has 0 rings (SSSR count). The number of esters is 2. The molecule has 0 bridgehead atoms. The van der Waals surface area contributed by atoms with Crippen molar-refractivity contribution in [1.82, 2.24) is 0 Å². The lowest BCUT2D eigenvalue weighted by atomic mass is 10.1. The van der Waals surface area contributed by atoms with Gasteiger partial charge in [-0.05, 0) is 77.0 Å². The summed E-state index contributed by atoms with van der Waals surface area (Å²) in [7, 11) is 0. The SMILES string of the molecule is CC/C=C\C/C=C\C/C=C\C/C=C\C/C=C\CCCC(=O)OCC(COCCCCCCCC/C=C\CCCC)OC(=O)CCCCCCCCCCC. The molecular formula is C49H84O5. The fraction of sp³-hybridized carbons (Fsp3) is 0.714. The Balaban J connectivity index is 4.32. The van der Waals surface area contributed by atoms with E-state index in [1.165, 1.54) is 96.3 Å². The summed E-state index contributed by atoms with van der Waals surface area (Å²) < 4.78 is 17.2. The predicted molar refractivity (Wildman–Crippen MR) is 233 cm³/mol. The maximum atomic E-state index is 12.7. The number of ether oxygens (including phenoxy) is 3. The quantitative estimate of drug-likeness (QED) is 0.0354. The van der Waals surface area contributed by atoms with E-state index in [2.05, 4.69) is 93.7 Å². The third-order valence-electron chi connectivity index (χ3n) is 9.23. The molecule has 0 aromatic carbocycles.